The zero-order valence-corrected chi connectivity index (χ0v) is 20.5. The van der Waals surface area contributed by atoms with Crippen LogP contribution in [0.1, 0.15) is 39.0 Å². The van der Waals surface area contributed by atoms with Crippen molar-refractivity contribution in [3.05, 3.63) is 24.3 Å². The van der Waals surface area contributed by atoms with E-state index in [0.29, 0.717) is 18.8 Å². The largest absolute Gasteiger partial charge is 0.480 e. The molecule has 3 aliphatic heterocycles. The second kappa shape index (κ2) is 11.2. The molecule has 2 fully saturated rings. The minimum absolute atomic E-state index is 0.0925. The van der Waals surface area contributed by atoms with Crippen molar-refractivity contribution in [2.24, 2.45) is 4.99 Å². The van der Waals surface area contributed by atoms with Crippen LogP contribution in [0.25, 0.3) is 0 Å². The van der Waals surface area contributed by atoms with E-state index in [1.165, 1.54) is 0 Å². The third-order valence-electron chi connectivity index (χ3n) is 6.74. The van der Waals surface area contributed by atoms with Crippen molar-refractivity contribution in [2.75, 3.05) is 29.9 Å². The number of guanidine groups is 1. The normalized spacial score (nSPS) is 24.8. The van der Waals surface area contributed by atoms with E-state index in [9.17, 15) is 28.3 Å². The molecule has 0 saturated carbocycles. The van der Waals surface area contributed by atoms with Gasteiger partial charge in [0, 0.05) is 29.5 Å². The van der Waals surface area contributed by atoms with Gasteiger partial charge >= 0.3 is 12.1 Å². The number of carboxylic acid groups (broad SMARTS) is 1. The molecule has 0 radical (unpaired) electrons. The number of nitrogens with zero attached hydrogens (tertiary/aromatic N) is 2. The number of alkyl carbamates (subject to hydrolysis) is 1. The number of ether oxygens (including phenoxy) is 1. The highest BCUT2D eigenvalue weighted by Crippen LogP contribution is 2.40. The number of carboxylic acids is 1. The van der Waals surface area contributed by atoms with E-state index in [1.807, 2.05) is 24.3 Å². The molecule has 4 rings (SSSR count). The number of piperidine rings is 1. The summed E-state index contributed by atoms with van der Waals surface area (Å²) in [5.74, 6) is -4.29. The Morgan fingerprint density at radius 3 is 2.62 bits per heavy atom. The molecule has 1 aromatic rings. The first-order valence-corrected chi connectivity index (χ1v) is 12.4. The molecule has 13 heteroatoms. The minimum Gasteiger partial charge on any atom is -0.480 e. The van der Waals surface area contributed by atoms with Gasteiger partial charge in [0.15, 0.2) is 5.96 Å². The summed E-state index contributed by atoms with van der Waals surface area (Å²) in [6.45, 7) is 0.669. The van der Waals surface area contributed by atoms with Gasteiger partial charge in [0.25, 0.3) is 5.92 Å². The van der Waals surface area contributed by atoms with Gasteiger partial charge in [-0.15, -0.1) is 0 Å². The molecule has 3 heterocycles. The summed E-state index contributed by atoms with van der Waals surface area (Å²) < 4.78 is 31.4. The quantitative estimate of drug-likeness (QED) is 0.348. The Bertz CT molecular complexity index is 1040. The van der Waals surface area contributed by atoms with Crippen LogP contribution < -0.4 is 26.2 Å². The van der Waals surface area contributed by atoms with Crippen LogP contribution in [0.4, 0.5) is 25.0 Å². The first-order chi connectivity index (χ1) is 17.6. The number of halogens is 2. The van der Waals surface area contributed by atoms with Gasteiger partial charge in [-0.2, -0.15) is 0 Å². The zero-order chi connectivity index (χ0) is 26.6. The van der Waals surface area contributed by atoms with E-state index in [1.54, 1.807) is 6.92 Å². The Morgan fingerprint density at radius 1 is 1.27 bits per heavy atom. The van der Waals surface area contributed by atoms with Crippen molar-refractivity contribution in [2.45, 2.75) is 69.1 Å². The summed E-state index contributed by atoms with van der Waals surface area (Å²) >= 11 is 0. The number of fused-ring (bicyclic) bond motifs is 2. The number of hydrogen-bond acceptors (Lipinski definition) is 8. The number of alkyl halides is 2. The lowest BCUT2D eigenvalue weighted by Gasteiger charge is -2.41. The van der Waals surface area contributed by atoms with Crippen molar-refractivity contribution in [1.29, 1.82) is 0 Å². The van der Waals surface area contributed by atoms with E-state index in [2.05, 4.69) is 31.2 Å². The van der Waals surface area contributed by atoms with Gasteiger partial charge < -0.3 is 36.0 Å². The van der Waals surface area contributed by atoms with Crippen LogP contribution >= 0.6 is 0 Å². The fourth-order valence-electron chi connectivity index (χ4n) is 5.19. The highest BCUT2D eigenvalue weighted by molar-refractivity contribution is 5.94. The molecule has 3 unspecified atom stereocenters. The molecule has 0 aromatic heterocycles. The zero-order valence-electron chi connectivity index (χ0n) is 20.5. The predicted molar refractivity (Wildman–Crippen MR) is 132 cm³/mol. The number of rotatable bonds is 8. The Balaban J connectivity index is 1.34. The van der Waals surface area contributed by atoms with Gasteiger partial charge in [-0.05, 0) is 50.8 Å². The van der Waals surface area contributed by atoms with Gasteiger partial charge in [0.2, 0.25) is 5.91 Å². The molecule has 0 aliphatic carbocycles. The lowest BCUT2D eigenvalue weighted by molar-refractivity contribution is -0.141. The molecule has 3 aliphatic rings. The SMILES string of the molecule is CCOC(=O)NC(CC(=O)NC1CC2CCC(C1)N2c1cccc(NC2=NCC(F)(F)CN2)c1)C(=O)O. The highest BCUT2D eigenvalue weighted by atomic mass is 19.3. The Labute approximate surface area is 213 Å². The molecule has 37 heavy (non-hydrogen) atoms. The number of amides is 2. The molecular weight excluding hydrogens is 490 g/mol. The lowest BCUT2D eigenvalue weighted by Crippen LogP contribution is -2.52. The molecule has 1 aromatic carbocycles. The first kappa shape index (κ1) is 26.4. The minimum atomic E-state index is -2.85. The van der Waals surface area contributed by atoms with E-state index < -0.39 is 43.0 Å². The Hall–Kier alpha value is -3.64. The molecule has 202 valence electrons. The van der Waals surface area contributed by atoms with Gasteiger partial charge in [0.1, 0.15) is 12.6 Å². The van der Waals surface area contributed by atoms with Crippen LogP contribution in [0, 0.1) is 0 Å². The third kappa shape index (κ3) is 6.77. The average Bonchev–Trinajstić information content (AvgIpc) is 3.10. The standard InChI is InChI=1S/C24H32F2N6O5/c1-2-37-23(36)31-19(21(34)35)11-20(33)29-15-9-17-6-7-18(10-15)32(17)16-5-3-4-14(8-16)30-22-27-12-24(25,26)13-28-22/h3-5,8,15,17-19H,2,6-7,9-13H2,1H3,(H,29,33)(H,31,36)(H,34,35)(H2,27,28,30). The molecule has 3 atom stereocenters. The second-order valence-corrected chi connectivity index (χ2v) is 9.54. The number of aliphatic carboxylic acids is 1. The van der Waals surface area contributed by atoms with Crippen molar-refractivity contribution in [3.8, 4) is 0 Å². The number of benzene rings is 1. The number of carbonyl (C=O) groups is 3. The van der Waals surface area contributed by atoms with E-state index in [4.69, 9.17) is 4.74 Å². The van der Waals surface area contributed by atoms with Gasteiger partial charge in [-0.25, -0.2) is 23.4 Å². The van der Waals surface area contributed by atoms with Crippen LogP contribution in [-0.2, 0) is 14.3 Å². The topological polar surface area (TPSA) is 144 Å². The maximum Gasteiger partial charge on any atom is 0.407 e. The number of nitrogens with one attached hydrogen (secondary N) is 4. The molecular formula is C24H32F2N6O5. The van der Waals surface area contributed by atoms with Gasteiger partial charge in [-0.1, -0.05) is 6.07 Å². The molecule has 0 spiro atoms. The monoisotopic (exact) mass is 522 g/mol. The number of anilines is 2. The van der Waals surface area contributed by atoms with Crippen LogP contribution in [0.3, 0.4) is 0 Å². The average molecular weight is 523 g/mol. The number of aliphatic imine (C=N–C) groups is 1. The van der Waals surface area contributed by atoms with Gasteiger partial charge in [-0.3, -0.25) is 4.79 Å². The number of carbonyl (C=O) groups excluding carboxylic acids is 2. The summed E-state index contributed by atoms with van der Waals surface area (Å²) in [6, 6.07) is 6.59. The lowest BCUT2D eigenvalue weighted by atomic mass is 9.96. The fourth-order valence-corrected chi connectivity index (χ4v) is 5.19. The summed E-state index contributed by atoms with van der Waals surface area (Å²) in [4.78, 5) is 41.8. The van der Waals surface area contributed by atoms with E-state index >= 15 is 0 Å². The maximum atomic E-state index is 13.3. The predicted octanol–water partition coefficient (Wildman–Crippen LogP) is 1.90. The highest BCUT2D eigenvalue weighted by Gasteiger charge is 2.41. The summed E-state index contributed by atoms with van der Waals surface area (Å²) in [6.07, 6.45) is 2.05. The van der Waals surface area contributed by atoms with Crippen molar-refractivity contribution < 1.29 is 33.0 Å². The first-order valence-electron chi connectivity index (χ1n) is 12.4. The Morgan fingerprint density at radius 2 is 2.00 bits per heavy atom. The summed E-state index contributed by atoms with van der Waals surface area (Å²) in [5.41, 5.74) is 1.73. The summed E-state index contributed by atoms with van der Waals surface area (Å²) in [5, 5.41) is 20.2. The number of hydrogen-bond donors (Lipinski definition) is 5. The smallest absolute Gasteiger partial charge is 0.407 e. The van der Waals surface area contributed by atoms with E-state index in [-0.39, 0.29) is 31.2 Å². The fraction of sp³-hybridized carbons (Fsp3) is 0.583. The summed E-state index contributed by atoms with van der Waals surface area (Å²) in [7, 11) is 0. The van der Waals surface area contributed by atoms with Crippen molar-refractivity contribution in [1.82, 2.24) is 16.0 Å². The van der Waals surface area contributed by atoms with Crippen LogP contribution in [0.5, 0.6) is 0 Å². The van der Waals surface area contributed by atoms with Crippen LogP contribution in [0.2, 0.25) is 0 Å². The molecule has 2 bridgehead atoms. The Kier molecular flexibility index (Phi) is 7.98. The van der Waals surface area contributed by atoms with Crippen LogP contribution in [0.15, 0.2) is 29.3 Å². The van der Waals surface area contributed by atoms with Gasteiger partial charge in [0.05, 0.1) is 19.6 Å². The van der Waals surface area contributed by atoms with Crippen LogP contribution in [-0.4, -0.2) is 78.8 Å². The maximum absolute atomic E-state index is 13.3. The molecule has 11 nitrogen and oxygen atoms in total. The van der Waals surface area contributed by atoms with E-state index in [0.717, 1.165) is 24.2 Å². The molecule has 2 amide bonds. The molecule has 5 N–H and O–H groups in total. The third-order valence-corrected chi connectivity index (χ3v) is 6.74. The molecule has 2 saturated heterocycles. The van der Waals surface area contributed by atoms with Crippen molar-refractivity contribution >= 4 is 35.3 Å². The van der Waals surface area contributed by atoms with Crippen molar-refractivity contribution in [3.63, 3.8) is 0 Å². The second-order valence-electron chi connectivity index (χ2n) is 9.54.